The molecule has 0 fully saturated rings. The Kier molecular flexibility index (Phi) is 6.08. The van der Waals surface area contributed by atoms with Gasteiger partial charge in [-0.15, -0.1) is 10.2 Å². The monoisotopic (exact) mass is 436 g/mol. The Bertz CT molecular complexity index is 1280. The third-order valence-electron chi connectivity index (χ3n) is 4.66. The number of carbonyl (C=O) groups excluding carboxylic acids is 1. The summed E-state index contributed by atoms with van der Waals surface area (Å²) in [6.45, 7) is 3.76. The average Bonchev–Trinajstić information content (AvgIpc) is 3.28. The Morgan fingerprint density at radius 2 is 1.87 bits per heavy atom. The van der Waals surface area contributed by atoms with Gasteiger partial charge in [0.15, 0.2) is 11.6 Å². The lowest BCUT2D eigenvalue weighted by molar-refractivity contribution is -0.145. The van der Waals surface area contributed by atoms with Crippen molar-refractivity contribution < 1.29 is 18.7 Å². The minimum absolute atomic E-state index is 0.191. The first-order valence-electron chi connectivity index (χ1n) is 9.86. The van der Waals surface area contributed by atoms with Crippen molar-refractivity contribution in [2.75, 3.05) is 13.2 Å². The molecule has 0 N–H and O–H groups in total. The first-order valence-corrected chi connectivity index (χ1v) is 10.7. The molecule has 2 heterocycles. The molecule has 0 bridgehead atoms. The number of hydrogen-bond acceptors (Lipinski definition) is 8. The molecule has 0 aliphatic rings. The molecule has 4 aromatic rings. The molecule has 0 unspecified atom stereocenters. The zero-order valence-corrected chi connectivity index (χ0v) is 17.9. The van der Waals surface area contributed by atoms with E-state index in [1.807, 2.05) is 37.3 Å². The number of benzene rings is 2. The highest BCUT2D eigenvalue weighted by molar-refractivity contribution is 7.17. The summed E-state index contributed by atoms with van der Waals surface area (Å²) in [7, 11) is 0. The fourth-order valence-corrected chi connectivity index (χ4v) is 3.98. The van der Waals surface area contributed by atoms with E-state index in [-0.39, 0.29) is 18.6 Å². The lowest BCUT2D eigenvalue weighted by atomic mass is 10.1. The molecule has 31 heavy (non-hydrogen) atoms. The van der Waals surface area contributed by atoms with Crippen LogP contribution in [0.15, 0.2) is 57.9 Å². The van der Waals surface area contributed by atoms with Crippen molar-refractivity contribution in [2.45, 2.75) is 20.3 Å². The van der Waals surface area contributed by atoms with Crippen LogP contribution in [-0.4, -0.2) is 29.4 Å². The summed E-state index contributed by atoms with van der Waals surface area (Å²) in [4.78, 5) is 24.8. The van der Waals surface area contributed by atoms with E-state index in [0.29, 0.717) is 33.7 Å². The van der Waals surface area contributed by atoms with Gasteiger partial charge in [0.1, 0.15) is 22.6 Å². The van der Waals surface area contributed by atoms with Crippen LogP contribution in [0.4, 0.5) is 0 Å². The van der Waals surface area contributed by atoms with Gasteiger partial charge in [0, 0.05) is 11.6 Å². The number of aryl methyl sites for hydroxylation is 1. The molecule has 0 aliphatic heterocycles. The average molecular weight is 436 g/mol. The van der Waals surface area contributed by atoms with Crippen LogP contribution in [0.3, 0.4) is 0 Å². The SMILES string of the molecule is CCOC(=O)COc1cc2occ(-c3nnc(-c4ccccc4)s3)c(=O)c2cc1CC. The lowest BCUT2D eigenvalue weighted by Gasteiger charge is -2.11. The van der Waals surface area contributed by atoms with Gasteiger partial charge in [-0.1, -0.05) is 48.6 Å². The molecular formula is C23H20N2O5S. The van der Waals surface area contributed by atoms with Crippen LogP contribution in [-0.2, 0) is 16.0 Å². The zero-order valence-electron chi connectivity index (χ0n) is 17.1. The van der Waals surface area contributed by atoms with E-state index in [9.17, 15) is 9.59 Å². The Morgan fingerprint density at radius 3 is 2.61 bits per heavy atom. The van der Waals surface area contributed by atoms with Crippen molar-refractivity contribution in [3.8, 4) is 26.9 Å². The smallest absolute Gasteiger partial charge is 0.344 e. The summed E-state index contributed by atoms with van der Waals surface area (Å²) >= 11 is 1.33. The summed E-state index contributed by atoms with van der Waals surface area (Å²) in [6, 6.07) is 13.0. The minimum Gasteiger partial charge on any atom is -0.481 e. The maximum atomic E-state index is 13.2. The van der Waals surface area contributed by atoms with Crippen LogP contribution in [0.25, 0.3) is 32.1 Å². The topological polar surface area (TPSA) is 91.5 Å². The van der Waals surface area contributed by atoms with Crippen LogP contribution in [0.5, 0.6) is 5.75 Å². The Morgan fingerprint density at radius 1 is 1.10 bits per heavy atom. The van der Waals surface area contributed by atoms with E-state index in [0.717, 1.165) is 16.1 Å². The Labute approximate surface area is 182 Å². The van der Waals surface area contributed by atoms with Crippen molar-refractivity contribution in [2.24, 2.45) is 0 Å². The molecule has 7 nitrogen and oxygen atoms in total. The van der Waals surface area contributed by atoms with Crippen LogP contribution >= 0.6 is 11.3 Å². The number of rotatable bonds is 7. The summed E-state index contributed by atoms with van der Waals surface area (Å²) in [5.74, 6) is 0.0353. The van der Waals surface area contributed by atoms with Crippen molar-refractivity contribution >= 4 is 28.3 Å². The van der Waals surface area contributed by atoms with Crippen LogP contribution in [0, 0.1) is 0 Å². The molecule has 0 saturated carbocycles. The van der Waals surface area contributed by atoms with Gasteiger partial charge in [-0.2, -0.15) is 0 Å². The molecule has 8 heteroatoms. The highest BCUT2D eigenvalue weighted by Gasteiger charge is 2.17. The van der Waals surface area contributed by atoms with E-state index >= 15 is 0 Å². The fraction of sp³-hybridized carbons (Fsp3) is 0.217. The van der Waals surface area contributed by atoms with Gasteiger partial charge in [0.05, 0.1) is 17.6 Å². The largest absolute Gasteiger partial charge is 0.481 e. The molecule has 2 aromatic carbocycles. The Balaban J connectivity index is 1.69. The number of aromatic nitrogens is 2. The molecule has 158 valence electrons. The number of nitrogens with zero attached hydrogens (tertiary/aromatic N) is 2. The molecule has 0 radical (unpaired) electrons. The second kappa shape index (κ2) is 9.09. The van der Waals surface area contributed by atoms with E-state index in [1.54, 1.807) is 19.1 Å². The van der Waals surface area contributed by atoms with Crippen LogP contribution in [0.1, 0.15) is 19.4 Å². The van der Waals surface area contributed by atoms with Gasteiger partial charge in [-0.3, -0.25) is 4.79 Å². The minimum atomic E-state index is -0.452. The van der Waals surface area contributed by atoms with Crippen molar-refractivity contribution in [1.82, 2.24) is 10.2 Å². The number of esters is 1. The van der Waals surface area contributed by atoms with Crippen molar-refractivity contribution in [3.05, 3.63) is 64.5 Å². The predicted octanol–water partition coefficient (Wildman–Crippen LogP) is 4.48. The molecule has 0 saturated heterocycles. The molecule has 0 amide bonds. The number of carbonyl (C=O) groups is 1. The fourth-order valence-electron chi connectivity index (χ4n) is 3.13. The molecular weight excluding hydrogens is 416 g/mol. The summed E-state index contributed by atoms with van der Waals surface area (Å²) in [5.41, 5.74) is 2.27. The van der Waals surface area contributed by atoms with Gasteiger partial charge >= 0.3 is 5.97 Å². The highest BCUT2D eigenvalue weighted by atomic mass is 32.1. The van der Waals surface area contributed by atoms with Crippen LogP contribution < -0.4 is 10.2 Å². The lowest BCUT2D eigenvalue weighted by Crippen LogP contribution is -2.15. The van der Waals surface area contributed by atoms with Crippen molar-refractivity contribution in [1.29, 1.82) is 0 Å². The van der Waals surface area contributed by atoms with Gasteiger partial charge in [0.25, 0.3) is 0 Å². The summed E-state index contributed by atoms with van der Waals surface area (Å²) in [6.07, 6.45) is 2.01. The molecule has 0 spiro atoms. The van der Waals surface area contributed by atoms with Crippen LogP contribution in [0.2, 0.25) is 0 Å². The third kappa shape index (κ3) is 4.34. The second-order valence-electron chi connectivity index (χ2n) is 6.66. The number of fused-ring (bicyclic) bond motifs is 1. The predicted molar refractivity (Wildman–Crippen MR) is 118 cm³/mol. The standard InChI is InChI=1S/C23H20N2O5S/c1-3-14-10-16-19(11-18(14)30-13-20(26)28-4-2)29-12-17(21(16)27)23-25-24-22(31-23)15-8-6-5-7-9-15/h5-12H,3-4,13H2,1-2H3. The van der Waals surface area contributed by atoms with E-state index < -0.39 is 5.97 Å². The number of ether oxygens (including phenoxy) is 2. The second-order valence-corrected chi connectivity index (χ2v) is 7.64. The van der Waals surface area contributed by atoms with E-state index in [4.69, 9.17) is 13.9 Å². The maximum absolute atomic E-state index is 13.2. The zero-order chi connectivity index (χ0) is 21.8. The van der Waals surface area contributed by atoms with E-state index in [2.05, 4.69) is 10.2 Å². The van der Waals surface area contributed by atoms with Gasteiger partial charge in [0.2, 0.25) is 5.43 Å². The third-order valence-corrected chi connectivity index (χ3v) is 5.67. The highest BCUT2D eigenvalue weighted by Crippen LogP contribution is 2.31. The van der Waals surface area contributed by atoms with Gasteiger partial charge in [-0.05, 0) is 25.0 Å². The first-order chi connectivity index (χ1) is 15.1. The van der Waals surface area contributed by atoms with Crippen molar-refractivity contribution in [3.63, 3.8) is 0 Å². The Hall–Kier alpha value is -3.52. The quantitative estimate of drug-likeness (QED) is 0.394. The number of hydrogen-bond donors (Lipinski definition) is 0. The first kappa shape index (κ1) is 20.7. The van der Waals surface area contributed by atoms with Gasteiger partial charge in [-0.25, -0.2) is 4.79 Å². The molecule has 0 atom stereocenters. The maximum Gasteiger partial charge on any atom is 0.344 e. The van der Waals surface area contributed by atoms with Gasteiger partial charge < -0.3 is 13.9 Å². The van der Waals surface area contributed by atoms with E-state index in [1.165, 1.54) is 17.6 Å². The summed E-state index contributed by atoms with van der Waals surface area (Å²) < 4.78 is 16.2. The molecule has 2 aromatic heterocycles. The normalized spacial score (nSPS) is 10.9. The molecule has 4 rings (SSSR count). The molecule has 0 aliphatic carbocycles. The summed E-state index contributed by atoms with van der Waals surface area (Å²) in [5, 5.41) is 10.1.